The van der Waals surface area contributed by atoms with Gasteiger partial charge in [-0.05, 0) is 54.2 Å². The lowest BCUT2D eigenvalue weighted by Crippen LogP contribution is -2.45. The molecule has 2 unspecified atom stereocenters. The molecule has 2 heterocycles. The fraction of sp³-hybridized carbons (Fsp3) is 0.417. The zero-order valence-electron chi connectivity index (χ0n) is 19.2. The van der Waals surface area contributed by atoms with E-state index in [-0.39, 0.29) is 48.0 Å². The molecular weight excluding hydrogens is 478 g/mol. The smallest absolute Gasteiger partial charge is 0.265 e. The van der Waals surface area contributed by atoms with E-state index in [0.29, 0.717) is 23.9 Å². The van der Waals surface area contributed by atoms with Crippen molar-refractivity contribution in [3.8, 4) is 5.75 Å². The number of fused-ring (bicyclic) bond motifs is 1. The molecule has 4 rings (SSSR count). The molecule has 10 heteroatoms. The third-order valence-electron chi connectivity index (χ3n) is 6.05. The Morgan fingerprint density at radius 3 is 2.47 bits per heavy atom. The topological polar surface area (TPSA) is 96.0 Å². The Balaban J connectivity index is 1.53. The van der Waals surface area contributed by atoms with Crippen molar-refractivity contribution in [2.75, 3.05) is 31.1 Å². The van der Waals surface area contributed by atoms with Gasteiger partial charge in [-0.25, -0.2) is 8.42 Å². The summed E-state index contributed by atoms with van der Waals surface area (Å²) in [7, 11) is -3.75. The van der Waals surface area contributed by atoms with Crippen LogP contribution in [0, 0.1) is 11.8 Å². The number of nitrogens with one attached hydrogen (secondary N) is 1. The molecule has 182 valence electrons. The van der Waals surface area contributed by atoms with Gasteiger partial charge in [0, 0.05) is 24.7 Å². The van der Waals surface area contributed by atoms with Crippen molar-refractivity contribution in [2.24, 2.45) is 11.8 Å². The second-order valence-electron chi connectivity index (χ2n) is 9.07. The minimum Gasteiger partial charge on any atom is -0.482 e. The number of rotatable bonds is 6. The van der Waals surface area contributed by atoms with Crippen LogP contribution in [0.3, 0.4) is 0 Å². The maximum absolute atomic E-state index is 13.4. The van der Waals surface area contributed by atoms with Gasteiger partial charge >= 0.3 is 0 Å². The molecular formula is C24H28ClN3O5S. The van der Waals surface area contributed by atoms with Crippen LogP contribution in [0.25, 0.3) is 0 Å². The van der Waals surface area contributed by atoms with Crippen LogP contribution in [0.1, 0.15) is 25.8 Å². The molecule has 0 spiro atoms. The molecule has 8 nitrogen and oxygen atoms in total. The molecule has 1 N–H and O–H groups in total. The van der Waals surface area contributed by atoms with Crippen LogP contribution in [0.5, 0.6) is 5.75 Å². The number of carbonyl (C=O) groups excluding carboxylic acids is 2. The summed E-state index contributed by atoms with van der Waals surface area (Å²) in [5.41, 5.74) is 1.14. The average Bonchev–Trinajstić information content (AvgIpc) is 2.79. The molecule has 0 aliphatic carbocycles. The van der Waals surface area contributed by atoms with Gasteiger partial charge in [-0.1, -0.05) is 37.6 Å². The number of benzene rings is 2. The molecule has 1 saturated heterocycles. The predicted octanol–water partition coefficient (Wildman–Crippen LogP) is 3.05. The molecule has 0 saturated carbocycles. The Bertz CT molecular complexity index is 1180. The van der Waals surface area contributed by atoms with Gasteiger partial charge in [0.05, 0.1) is 10.6 Å². The number of carbonyl (C=O) groups is 2. The van der Waals surface area contributed by atoms with E-state index in [1.54, 1.807) is 30.3 Å². The molecule has 2 atom stereocenters. The first-order chi connectivity index (χ1) is 16.1. The second-order valence-corrected chi connectivity index (χ2v) is 11.4. The fourth-order valence-corrected chi connectivity index (χ4v) is 6.30. The number of halogens is 1. The minimum atomic E-state index is -3.75. The van der Waals surface area contributed by atoms with Gasteiger partial charge in [0.15, 0.2) is 6.61 Å². The SMILES string of the molecule is CC1CC(C)CN(S(=O)(=O)c2ccc3c(c2)N(CC(=O)NCc2ccc(Cl)cc2)C(=O)CO3)C1. The van der Waals surface area contributed by atoms with Crippen LogP contribution >= 0.6 is 11.6 Å². The quantitative estimate of drug-likeness (QED) is 0.651. The lowest BCUT2D eigenvalue weighted by atomic mass is 9.94. The highest BCUT2D eigenvalue weighted by Gasteiger charge is 2.34. The Morgan fingerprint density at radius 1 is 1.12 bits per heavy atom. The molecule has 2 aliphatic rings. The van der Waals surface area contributed by atoms with E-state index in [0.717, 1.165) is 12.0 Å². The Kier molecular flexibility index (Phi) is 7.16. The number of hydrogen-bond donors (Lipinski definition) is 1. The monoisotopic (exact) mass is 505 g/mol. The van der Waals surface area contributed by atoms with Crippen LogP contribution in [-0.2, 0) is 26.2 Å². The highest BCUT2D eigenvalue weighted by molar-refractivity contribution is 7.89. The van der Waals surface area contributed by atoms with E-state index in [1.807, 2.05) is 13.8 Å². The summed E-state index contributed by atoms with van der Waals surface area (Å²) in [6.45, 7) is 4.81. The van der Waals surface area contributed by atoms with Crippen LogP contribution < -0.4 is 15.0 Å². The number of nitrogens with zero attached hydrogens (tertiary/aromatic N) is 2. The number of hydrogen-bond acceptors (Lipinski definition) is 5. The van der Waals surface area contributed by atoms with Gasteiger partial charge in [-0.3, -0.25) is 14.5 Å². The van der Waals surface area contributed by atoms with Crippen LogP contribution in [0.2, 0.25) is 5.02 Å². The molecule has 0 aromatic heterocycles. The molecule has 0 radical (unpaired) electrons. The highest BCUT2D eigenvalue weighted by Crippen LogP contribution is 2.36. The van der Waals surface area contributed by atoms with Crippen molar-refractivity contribution < 1.29 is 22.7 Å². The molecule has 34 heavy (non-hydrogen) atoms. The highest BCUT2D eigenvalue weighted by atomic mass is 35.5. The van der Waals surface area contributed by atoms with E-state index in [4.69, 9.17) is 16.3 Å². The summed E-state index contributed by atoms with van der Waals surface area (Å²) in [4.78, 5) is 26.6. The maximum atomic E-state index is 13.4. The van der Waals surface area contributed by atoms with Crippen LogP contribution in [0.15, 0.2) is 47.4 Å². The summed E-state index contributed by atoms with van der Waals surface area (Å²) < 4.78 is 33.7. The predicted molar refractivity (Wildman–Crippen MR) is 129 cm³/mol. The van der Waals surface area contributed by atoms with Gasteiger partial charge < -0.3 is 10.1 Å². The molecule has 0 bridgehead atoms. The van der Waals surface area contributed by atoms with E-state index in [1.165, 1.54) is 21.3 Å². The van der Waals surface area contributed by atoms with Crippen molar-refractivity contribution >= 4 is 39.1 Å². The number of amides is 2. The number of ether oxygens (including phenoxy) is 1. The Morgan fingerprint density at radius 2 is 1.79 bits per heavy atom. The molecule has 2 aliphatic heterocycles. The summed E-state index contributed by atoms with van der Waals surface area (Å²) in [5.74, 6) is 0.111. The minimum absolute atomic E-state index is 0.0809. The normalized spacial score (nSPS) is 21.0. The van der Waals surface area contributed by atoms with E-state index < -0.39 is 15.9 Å². The molecule has 1 fully saturated rings. The second kappa shape index (κ2) is 9.93. The van der Waals surface area contributed by atoms with E-state index in [2.05, 4.69) is 5.32 Å². The summed E-state index contributed by atoms with van der Waals surface area (Å²) in [6.07, 6.45) is 0.984. The molecule has 2 amide bonds. The standard InChI is InChI=1S/C24H28ClN3O5S/c1-16-9-17(2)13-27(12-16)34(31,32)20-7-8-22-21(10-20)28(24(30)15-33-22)14-23(29)26-11-18-3-5-19(25)6-4-18/h3-8,10,16-17H,9,11-15H2,1-2H3,(H,26,29). The fourth-order valence-electron chi connectivity index (χ4n) is 4.47. The number of anilines is 1. The zero-order chi connectivity index (χ0) is 24.5. The zero-order valence-corrected chi connectivity index (χ0v) is 20.7. The first kappa shape index (κ1) is 24.5. The number of sulfonamides is 1. The first-order valence-electron chi connectivity index (χ1n) is 11.2. The molecule has 2 aromatic rings. The van der Waals surface area contributed by atoms with Crippen molar-refractivity contribution in [1.82, 2.24) is 9.62 Å². The van der Waals surface area contributed by atoms with E-state index in [9.17, 15) is 18.0 Å². The first-order valence-corrected chi connectivity index (χ1v) is 13.0. The van der Waals surface area contributed by atoms with Gasteiger partial charge in [0.25, 0.3) is 5.91 Å². The lowest BCUT2D eigenvalue weighted by molar-refractivity contribution is -0.125. The van der Waals surface area contributed by atoms with E-state index >= 15 is 0 Å². The van der Waals surface area contributed by atoms with Gasteiger partial charge in [0.2, 0.25) is 15.9 Å². The Hall–Kier alpha value is -2.62. The third kappa shape index (κ3) is 5.37. The van der Waals surface area contributed by atoms with Crippen LogP contribution in [-0.4, -0.2) is 50.8 Å². The van der Waals surface area contributed by atoms with Gasteiger partial charge in [-0.15, -0.1) is 0 Å². The Labute approximate surface area is 204 Å². The third-order valence-corrected chi connectivity index (χ3v) is 8.13. The van der Waals surface area contributed by atoms with Gasteiger partial charge in [-0.2, -0.15) is 4.31 Å². The summed E-state index contributed by atoms with van der Waals surface area (Å²) in [6, 6.07) is 11.5. The van der Waals surface area contributed by atoms with Crippen molar-refractivity contribution in [3.63, 3.8) is 0 Å². The van der Waals surface area contributed by atoms with Crippen molar-refractivity contribution in [1.29, 1.82) is 0 Å². The lowest BCUT2D eigenvalue weighted by Gasteiger charge is -2.34. The van der Waals surface area contributed by atoms with Crippen LogP contribution in [0.4, 0.5) is 5.69 Å². The average molecular weight is 506 g/mol. The number of piperidine rings is 1. The summed E-state index contributed by atoms with van der Waals surface area (Å²) >= 11 is 5.89. The maximum Gasteiger partial charge on any atom is 0.265 e. The largest absolute Gasteiger partial charge is 0.482 e. The van der Waals surface area contributed by atoms with Gasteiger partial charge in [0.1, 0.15) is 12.3 Å². The molecule has 2 aromatic carbocycles. The van der Waals surface area contributed by atoms with Crippen molar-refractivity contribution in [2.45, 2.75) is 31.7 Å². The van der Waals surface area contributed by atoms with Crippen molar-refractivity contribution in [3.05, 3.63) is 53.1 Å². The summed E-state index contributed by atoms with van der Waals surface area (Å²) in [5, 5.41) is 3.38.